The SMILES string of the molecule is Cc1ccnc(-n2c(C)cc(/C=C3\C(=O)NC(=O)N(c4ccccc4C)C3=O)c2C)c1. The zero-order valence-electron chi connectivity index (χ0n) is 17.8. The normalized spacial score (nSPS) is 15.5. The van der Waals surface area contributed by atoms with Gasteiger partial charge in [0.1, 0.15) is 11.4 Å². The first-order chi connectivity index (χ1) is 14.8. The van der Waals surface area contributed by atoms with E-state index in [9.17, 15) is 14.4 Å². The van der Waals surface area contributed by atoms with E-state index in [1.54, 1.807) is 31.3 Å². The molecule has 0 unspecified atom stereocenters. The van der Waals surface area contributed by atoms with Crippen LogP contribution in [0.25, 0.3) is 11.9 Å². The number of anilines is 1. The van der Waals surface area contributed by atoms with Crippen molar-refractivity contribution in [1.82, 2.24) is 14.9 Å². The van der Waals surface area contributed by atoms with Gasteiger partial charge in [-0.05, 0) is 74.7 Å². The molecule has 31 heavy (non-hydrogen) atoms. The highest BCUT2D eigenvalue weighted by Gasteiger charge is 2.37. The van der Waals surface area contributed by atoms with E-state index in [4.69, 9.17) is 0 Å². The Balaban J connectivity index is 1.79. The number of carbonyl (C=O) groups excluding carboxylic acids is 3. The lowest BCUT2D eigenvalue weighted by atomic mass is 10.1. The number of nitrogens with one attached hydrogen (secondary N) is 1. The summed E-state index contributed by atoms with van der Waals surface area (Å²) in [7, 11) is 0. The van der Waals surface area contributed by atoms with Crippen LogP contribution in [0.3, 0.4) is 0 Å². The number of barbiturate groups is 1. The topological polar surface area (TPSA) is 84.3 Å². The van der Waals surface area contributed by atoms with Gasteiger partial charge in [-0.15, -0.1) is 0 Å². The number of aromatic nitrogens is 2. The highest BCUT2D eigenvalue weighted by atomic mass is 16.2. The summed E-state index contributed by atoms with van der Waals surface area (Å²) < 4.78 is 1.97. The zero-order valence-corrected chi connectivity index (χ0v) is 17.8. The highest BCUT2D eigenvalue weighted by Crippen LogP contribution is 2.27. The minimum absolute atomic E-state index is 0.0969. The van der Waals surface area contributed by atoms with Crippen LogP contribution in [0.15, 0.2) is 54.2 Å². The maximum absolute atomic E-state index is 13.2. The summed E-state index contributed by atoms with van der Waals surface area (Å²) in [6, 6.07) is 12.1. The fourth-order valence-electron chi connectivity index (χ4n) is 3.77. The lowest BCUT2D eigenvalue weighted by Gasteiger charge is -2.27. The molecule has 1 aliphatic rings. The molecule has 156 valence electrons. The molecular formula is C24H22N4O3. The minimum atomic E-state index is -0.754. The second-order valence-electron chi connectivity index (χ2n) is 7.60. The summed E-state index contributed by atoms with van der Waals surface area (Å²) >= 11 is 0. The first-order valence-electron chi connectivity index (χ1n) is 9.87. The number of para-hydroxylation sites is 1. The van der Waals surface area contributed by atoms with Gasteiger partial charge in [-0.2, -0.15) is 0 Å². The molecule has 3 heterocycles. The number of rotatable bonds is 3. The fraction of sp³-hybridized carbons (Fsp3) is 0.167. The molecule has 1 aliphatic heterocycles. The Labute approximate surface area is 180 Å². The molecule has 4 rings (SSSR count). The van der Waals surface area contributed by atoms with Gasteiger partial charge >= 0.3 is 6.03 Å². The van der Waals surface area contributed by atoms with E-state index in [0.29, 0.717) is 11.3 Å². The van der Waals surface area contributed by atoms with Gasteiger partial charge < -0.3 is 4.57 Å². The van der Waals surface area contributed by atoms with E-state index in [2.05, 4.69) is 10.3 Å². The number of pyridine rings is 1. The van der Waals surface area contributed by atoms with Crippen molar-refractivity contribution in [3.8, 4) is 5.82 Å². The van der Waals surface area contributed by atoms with E-state index in [-0.39, 0.29) is 5.57 Å². The van der Waals surface area contributed by atoms with E-state index < -0.39 is 17.8 Å². The second-order valence-corrected chi connectivity index (χ2v) is 7.60. The van der Waals surface area contributed by atoms with Crippen molar-refractivity contribution in [2.45, 2.75) is 27.7 Å². The van der Waals surface area contributed by atoms with Crippen LogP contribution in [-0.2, 0) is 9.59 Å². The molecule has 1 N–H and O–H groups in total. The van der Waals surface area contributed by atoms with Crippen molar-refractivity contribution < 1.29 is 14.4 Å². The Bertz CT molecular complexity index is 1270. The van der Waals surface area contributed by atoms with Crippen molar-refractivity contribution in [1.29, 1.82) is 0 Å². The number of hydrogen-bond donors (Lipinski definition) is 1. The Morgan fingerprint density at radius 3 is 2.42 bits per heavy atom. The van der Waals surface area contributed by atoms with Gasteiger partial charge in [0.15, 0.2) is 0 Å². The van der Waals surface area contributed by atoms with Crippen LogP contribution in [0.4, 0.5) is 10.5 Å². The summed E-state index contributed by atoms with van der Waals surface area (Å²) in [5.74, 6) is -0.601. The Kier molecular flexibility index (Phi) is 5.02. The van der Waals surface area contributed by atoms with E-state index >= 15 is 0 Å². The molecule has 1 saturated heterocycles. The van der Waals surface area contributed by atoms with E-state index in [1.807, 2.05) is 49.6 Å². The number of nitrogens with zero attached hydrogens (tertiary/aromatic N) is 3. The quantitative estimate of drug-likeness (QED) is 0.522. The second kappa shape index (κ2) is 7.68. The van der Waals surface area contributed by atoms with E-state index in [0.717, 1.165) is 33.2 Å². The van der Waals surface area contributed by atoms with Crippen LogP contribution in [0.1, 0.15) is 28.1 Å². The number of aryl methyl sites for hydroxylation is 3. The maximum atomic E-state index is 13.2. The Hall–Kier alpha value is -4.00. The standard InChI is InChI=1S/C24H22N4O3/c1-14-9-10-25-21(11-14)27-16(3)12-18(17(27)4)13-19-22(29)26-24(31)28(23(19)30)20-8-6-5-7-15(20)2/h5-13H,1-4H3,(H,26,29,31)/b19-13+. The molecule has 7 nitrogen and oxygen atoms in total. The molecule has 0 saturated carbocycles. The van der Waals surface area contributed by atoms with Crippen LogP contribution < -0.4 is 10.2 Å². The van der Waals surface area contributed by atoms with Crippen LogP contribution in [0.2, 0.25) is 0 Å². The van der Waals surface area contributed by atoms with Gasteiger partial charge in [0, 0.05) is 17.6 Å². The van der Waals surface area contributed by atoms with Gasteiger partial charge in [0.05, 0.1) is 5.69 Å². The number of amides is 4. The van der Waals surface area contributed by atoms with Crippen LogP contribution in [-0.4, -0.2) is 27.4 Å². The molecule has 0 radical (unpaired) electrons. The van der Waals surface area contributed by atoms with Crippen molar-refractivity contribution in [3.63, 3.8) is 0 Å². The number of benzene rings is 1. The van der Waals surface area contributed by atoms with Crippen LogP contribution in [0, 0.1) is 27.7 Å². The van der Waals surface area contributed by atoms with Gasteiger partial charge in [-0.3, -0.25) is 14.9 Å². The average Bonchev–Trinajstić information content (AvgIpc) is 2.99. The number of hydrogen-bond acceptors (Lipinski definition) is 4. The van der Waals surface area contributed by atoms with E-state index in [1.165, 1.54) is 6.08 Å². The minimum Gasteiger partial charge on any atom is -0.303 e. The fourth-order valence-corrected chi connectivity index (χ4v) is 3.77. The molecule has 1 aromatic carbocycles. The van der Waals surface area contributed by atoms with Gasteiger partial charge in [0.2, 0.25) is 0 Å². The first-order valence-corrected chi connectivity index (χ1v) is 9.87. The molecule has 7 heteroatoms. The van der Waals surface area contributed by atoms with Gasteiger partial charge in [-0.1, -0.05) is 18.2 Å². The monoisotopic (exact) mass is 414 g/mol. The maximum Gasteiger partial charge on any atom is 0.335 e. The third-order valence-corrected chi connectivity index (χ3v) is 5.36. The predicted molar refractivity (Wildman–Crippen MR) is 118 cm³/mol. The lowest BCUT2D eigenvalue weighted by molar-refractivity contribution is -0.122. The molecule has 0 bridgehead atoms. The molecule has 3 aromatic rings. The lowest BCUT2D eigenvalue weighted by Crippen LogP contribution is -2.54. The molecular weight excluding hydrogens is 392 g/mol. The number of carbonyl (C=O) groups is 3. The first kappa shape index (κ1) is 20.3. The average molecular weight is 414 g/mol. The third-order valence-electron chi connectivity index (χ3n) is 5.36. The molecule has 4 amide bonds. The highest BCUT2D eigenvalue weighted by molar-refractivity contribution is 6.39. The summed E-state index contributed by atoms with van der Waals surface area (Å²) in [4.78, 5) is 43.6. The largest absolute Gasteiger partial charge is 0.335 e. The molecule has 0 aliphatic carbocycles. The zero-order chi connectivity index (χ0) is 22.3. The number of urea groups is 1. The van der Waals surface area contributed by atoms with Crippen LogP contribution in [0.5, 0.6) is 0 Å². The van der Waals surface area contributed by atoms with Crippen molar-refractivity contribution >= 4 is 29.6 Å². The number of imide groups is 2. The van der Waals surface area contributed by atoms with Crippen molar-refractivity contribution in [2.75, 3.05) is 4.90 Å². The molecule has 0 atom stereocenters. The Morgan fingerprint density at radius 1 is 0.968 bits per heavy atom. The van der Waals surface area contributed by atoms with Crippen LogP contribution >= 0.6 is 0 Å². The summed E-state index contributed by atoms with van der Waals surface area (Å²) in [6.07, 6.45) is 3.27. The third kappa shape index (κ3) is 3.54. The smallest absolute Gasteiger partial charge is 0.303 e. The van der Waals surface area contributed by atoms with Gasteiger partial charge in [-0.25, -0.2) is 14.7 Å². The van der Waals surface area contributed by atoms with Gasteiger partial charge in [0.25, 0.3) is 11.8 Å². The van der Waals surface area contributed by atoms with Crippen molar-refractivity contribution in [2.24, 2.45) is 0 Å². The molecule has 1 fully saturated rings. The summed E-state index contributed by atoms with van der Waals surface area (Å²) in [5.41, 5.74) is 4.63. The Morgan fingerprint density at radius 2 is 1.71 bits per heavy atom. The summed E-state index contributed by atoms with van der Waals surface area (Å²) in [6.45, 7) is 7.63. The summed E-state index contributed by atoms with van der Waals surface area (Å²) in [5, 5.41) is 2.28. The molecule has 0 spiro atoms. The molecule has 2 aromatic heterocycles. The predicted octanol–water partition coefficient (Wildman–Crippen LogP) is 3.77. The van der Waals surface area contributed by atoms with Crippen molar-refractivity contribution in [3.05, 3.63) is 82.3 Å².